The van der Waals surface area contributed by atoms with Crippen molar-refractivity contribution in [2.24, 2.45) is 0 Å². The monoisotopic (exact) mass is 1280 g/mol. The number of anilines is 1. The first kappa shape index (κ1) is 64.8. The number of aromatic nitrogens is 3. The second kappa shape index (κ2) is 28.8. The highest BCUT2D eigenvalue weighted by molar-refractivity contribution is 8.00. The van der Waals surface area contributed by atoms with Crippen LogP contribution in [-0.2, 0) is 53.6 Å². The van der Waals surface area contributed by atoms with Gasteiger partial charge >= 0.3 is 6.03 Å². The van der Waals surface area contributed by atoms with Gasteiger partial charge in [0.05, 0.1) is 46.8 Å². The highest BCUT2D eigenvalue weighted by atomic mass is 32.2. The number of carbonyl (C=O) groups is 5. The summed E-state index contributed by atoms with van der Waals surface area (Å²) in [5, 5.41) is 47.7. The SMILES string of the molecule is CC1CN(CC(O)[C@H](Cc2ccc(O)cc2)n2cc(CNC(=O)[C@H](Cc3ccc(C(=O)c4ccccc4)cc3)NC(=O)CCCCCNC(=O)CCCC[C@@H]3SC[C@@H]4NC(=O)N[C@@H]43)nn2)S(=O)(=O)c2ccccc2S(=O)(=O)c2cccc3c(N(C)C)cc1cc23. The fraction of sp³-hybridized carbons (Fsp3) is 0.379. The number of hydrogen-bond donors (Lipinski definition) is 7. The van der Waals surface area contributed by atoms with Crippen molar-refractivity contribution >= 4 is 77.6 Å². The zero-order chi connectivity index (χ0) is 63.7. The molecule has 2 saturated heterocycles. The number of rotatable bonds is 26. The summed E-state index contributed by atoms with van der Waals surface area (Å²) in [4.78, 5) is 66.5. The molecule has 90 heavy (non-hydrogen) atoms. The average molecular weight is 1280 g/mol. The molecule has 474 valence electrons. The van der Waals surface area contributed by atoms with Gasteiger partial charge in [0.1, 0.15) is 22.4 Å². The number of urea groups is 1. The van der Waals surface area contributed by atoms with Gasteiger partial charge in [-0.3, -0.25) is 19.2 Å². The number of ketones is 1. The molecule has 2 fully saturated rings. The molecule has 2 bridgehead atoms. The second-order valence-corrected chi connectivity index (χ2v) is 28.7. The van der Waals surface area contributed by atoms with Crippen LogP contribution in [0.15, 0.2) is 154 Å². The van der Waals surface area contributed by atoms with Crippen LogP contribution in [-0.4, -0.2) is 145 Å². The Balaban J connectivity index is 0.817. The molecule has 7 aromatic rings. The molecule has 7 N–H and O–H groups in total. The molecule has 5 amide bonds. The lowest BCUT2D eigenvalue weighted by Crippen LogP contribution is -2.47. The van der Waals surface area contributed by atoms with Crippen molar-refractivity contribution in [1.82, 2.24) is 45.9 Å². The Morgan fingerprint density at radius 1 is 0.744 bits per heavy atom. The molecule has 0 radical (unpaired) electrons. The minimum Gasteiger partial charge on any atom is -0.508 e. The number of amides is 5. The van der Waals surface area contributed by atoms with Gasteiger partial charge in [0, 0.05) is 91.6 Å². The zero-order valence-corrected chi connectivity index (χ0v) is 52.9. The third-order valence-corrected chi connectivity index (χ3v) is 22.3. The molecule has 24 heteroatoms. The molecule has 21 nitrogen and oxygen atoms in total. The fourth-order valence-corrected chi connectivity index (χ4v) is 17.3. The molecular weight excluding hydrogens is 1200 g/mol. The van der Waals surface area contributed by atoms with E-state index in [2.05, 4.69) is 36.9 Å². The quantitative estimate of drug-likeness (QED) is 0.0164. The van der Waals surface area contributed by atoms with E-state index in [1.807, 2.05) is 55.9 Å². The van der Waals surface area contributed by atoms with E-state index in [1.54, 1.807) is 72.8 Å². The number of carbonyl (C=O) groups excluding carboxylic acids is 5. The van der Waals surface area contributed by atoms with Crippen LogP contribution in [0.5, 0.6) is 5.75 Å². The van der Waals surface area contributed by atoms with E-state index in [0.717, 1.165) is 35.0 Å². The number of benzene rings is 6. The number of nitrogens with zero attached hydrogens (tertiary/aromatic N) is 5. The van der Waals surface area contributed by atoms with Crippen molar-refractivity contribution in [2.75, 3.05) is 44.4 Å². The Morgan fingerprint density at radius 3 is 2.18 bits per heavy atom. The van der Waals surface area contributed by atoms with Crippen molar-refractivity contribution in [3.8, 4) is 5.75 Å². The molecule has 3 aliphatic heterocycles. The van der Waals surface area contributed by atoms with E-state index in [9.17, 15) is 42.6 Å². The minimum atomic E-state index is -4.69. The number of unbranched alkanes of at least 4 members (excludes halogenated alkanes) is 3. The van der Waals surface area contributed by atoms with Crippen LogP contribution in [0.2, 0.25) is 0 Å². The maximum Gasteiger partial charge on any atom is 0.315 e. The number of aliphatic hydroxyl groups excluding tert-OH is 1. The number of sulfonamides is 1. The summed E-state index contributed by atoms with van der Waals surface area (Å²) in [6.45, 7) is 1.46. The number of phenolic OH excluding ortho intramolecular Hbond substituents is 1. The number of nitrogens with one attached hydrogen (secondary N) is 5. The Labute approximate surface area is 528 Å². The number of sulfone groups is 1. The Hall–Kier alpha value is -8.16. The van der Waals surface area contributed by atoms with Gasteiger partial charge in [0.15, 0.2) is 5.78 Å². The van der Waals surface area contributed by atoms with E-state index >= 15 is 8.42 Å². The minimum absolute atomic E-state index is 0.00295. The summed E-state index contributed by atoms with van der Waals surface area (Å²) in [6.07, 6.45) is 5.02. The van der Waals surface area contributed by atoms with Gasteiger partial charge in [-0.2, -0.15) is 16.1 Å². The number of hydrogen-bond acceptors (Lipinski definition) is 15. The summed E-state index contributed by atoms with van der Waals surface area (Å²) < 4.78 is 62.5. The molecule has 0 aliphatic carbocycles. The molecule has 6 aromatic carbocycles. The number of aliphatic hydroxyl groups is 1. The number of thioether (sulfide) groups is 1. The van der Waals surface area contributed by atoms with Gasteiger partial charge < -0.3 is 41.7 Å². The van der Waals surface area contributed by atoms with Crippen LogP contribution in [0.4, 0.5) is 10.5 Å². The smallest absolute Gasteiger partial charge is 0.315 e. The Bertz CT molecular complexity index is 3960. The van der Waals surface area contributed by atoms with Crippen molar-refractivity contribution in [2.45, 2.75) is 134 Å². The van der Waals surface area contributed by atoms with Crippen molar-refractivity contribution in [3.63, 3.8) is 0 Å². The number of fused-ring (bicyclic) bond motifs is 3. The lowest BCUT2D eigenvalue weighted by Gasteiger charge is -2.31. The summed E-state index contributed by atoms with van der Waals surface area (Å²) in [7, 11) is -5.46. The predicted molar refractivity (Wildman–Crippen MR) is 343 cm³/mol. The maximum absolute atomic E-state index is 15.2. The average Bonchev–Trinajstić information content (AvgIpc) is 1.29. The maximum atomic E-state index is 15.2. The van der Waals surface area contributed by atoms with Crippen LogP contribution in [0, 0.1) is 0 Å². The van der Waals surface area contributed by atoms with Crippen LogP contribution >= 0.6 is 11.8 Å². The Morgan fingerprint density at radius 2 is 1.42 bits per heavy atom. The van der Waals surface area contributed by atoms with E-state index < -0.39 is 66.2 Å². The predicted octanol–water partition coefficient (Wildman–Crippen LogP) is 6.97. The first-order valence-electron chi connectivity index (χ1n) is 30.4. The third-order valence-electron chi connectivity index (χ3n) is 16.9. The van der Waals surface area contributed by atoms with Crippen LogP contribution in [0.3, 0.4) is 0 Å². The lowest BCUT2D eigenvalue weighted by molar-refractivity contribution is -0.129. The van der Waals surface area contributed by atoms with Crippen molar-refractivity contribution < 1.29 is 51.0 Å². The molecule has 1 aromatic heterocycles. The summed E-state index contributed by atoms with van der Waals surface area (Å²) in [5.74, 6) is -0.726. The van der Waals surface area contributed by atoms with Gasteiger partial charge in [-0.1, -0.05) is 116 Å². The van der Waals surface area contributed by atoms with E-state index in [0.29, 0.717) is 76.1 Å². The standard InChI is InChI=1S/C66H76N10O11S3/c1-42-38-75(90(86,87)60-20-11-10-19-59(60)89(84,85)58-21-14-17-50-51(58)35-47(42)36-54(50)74(2)3)40-56(78)55(34-44-26-30-49(77)31-27-44)76-39-48(72-73-76)37-68-65(82)52(33-43-24-28-46(29-25-43)64(81)45-15-6-4-7-16-45)69-62(80)23-8-5-13-32-67-61(79)22-12-9-18-57-63-53(41-88-57)70-66(83)71-63/h4,6-7,10-11,14-17,19-21,24-31,35-36,39,42,52-53,55-57,63,77-78H,5,8-9,12-13,18,22-23,32-34,37-38,40-41H2,1-3H3,(H,67,79)(H,68,82)(H,69,80)(H2,70,71,83)/t42?,52-,53-,55-,56?,57-,63-/m0/s1. The Kier molecular flexibility index (Phi) is 20.7. The second-order valence-electron chi connectivity index (χ2n) is 23.6. The summed E-state index contributed by atoms with van der Waals surface area (Å²) in [6, 6.07) is 34.2. The highest BCUT2D eigenvalue weighted by Crippen LogP contribution is 2.40. The third kappa shape index (κ3) is 15.3. The van der Waals surface area contributed by atoms with Crippen molar-refractivity contribution in [3.05, 3.63) is 173 Å². The first-order valence-corrected chi connectivity index (χ1v) is 34.4. The first-order chi connectivity index (χ1) is 43.2. The molecule has 3 aliphatic rings. The van der Waals surface area contributed by atoms with E-state index in [4.69, 9.17) is 0 Å². The van der Waals surface area contributed by atoms with Crippen LogP contribution in [0.25, 0.3) is 10.8 Å². The van der Waals surface area contributed by atoms with Gasteiger partial charge in [0.25, 0.3) is 0 Å². The number of aromatic hydroxyl groups is 1. The fourth-order valence-electron chi connectivity index (χ4n) is 12.0. The molecule has 7 atom stereocenters. The lowest BCUT2D eigenvalue weighted by atomic mass is 9.95. The van der Waals surface area contributed by atoms with Crippen LogP contribution in [0.1, 0.15) is 109 Å². The molecule has 2 unspecified atom stereocenters. The van der Waals surface area contributed by atoms with Gasteiger partial charge in [0.2, 0.25) is 37.6 Å². The molecular formula is C66H76N10O11S3. The molecule has 0 spiro atoms. The van der Waals surface area contributed by atoms with Gasteiger partial charge in [-0.15, -0.1) is 5.10 Å². The zero-order valence-electron chi connectivity index (χ0n) is 50.5. The largest absolute Gasteiger partial charge is 0.508 e. The number of phenols is 1. The molecule has 4 heterocycles. The highest BCUT2D eigenvalue weighted by Gasteiger charge is 2.43. The normalized spacial score (nSPS) is 19.3. The molecule has 10 rings (SSSR count). The topological polar surface area (TPSA) is 291 Å². The van der Waals surface area contributed by atoms with Crippen molar-refractivity contribution in [1.29, 1.82) is 0 Å². The molecule has 0 saturated carbocycles. The van der Waals surface area contributed by atoms with E-state index in [1.165, 1.54) is 53.3 Å². The van der Waals surface area contributed by atoms with Gasteiger partial charge in [-0.25, -0.2) is 26.3 Å². The number of β-amino-alcohol motifs (C(OH)–C–C–N with tert-alkyl or cyclic N) is 1. The van der Waals surface area contributed by atoms with Crippen LogP contribution < -0.4 is 31.5 Å². The van der Waals surface area contributed by atoms with Gasteiger partial charge in [-0.05, 0) is 97.2 Å². The summed E-state index contributed by atoms with van der Waals surface area (Å²) >= 11 is 1.85. The van der Waals surface area contributed by atoms with E-state index in [-0.39, 0.29) is 84.4 Å². The summed E-state index contributed by atoms with van der Waals surface area (Å²) in [5.41, 5.74) is 3.97.